The van der Waals surface area contributed by atoms with Gasteiger partial charge in [0.1, 0.15) is 11.5 Å². The summed E-state index contributed by atoms with van der Waals surface area (Å²) in [6, 6.07) is 16.6. The molecular formula is C30H33N7O3. The molecule has 3 heterocycles. The Bertz CT molecular complexity index is 1570. The number of amides is 1. The lowest BCUT2D eigenvalue weighted by Crippen LogP contribution is -2.37. The molecule has 1 fully saturated rings. The number of H-pyrrole nitrogens is 1. The van der Waals surface area contributed by atoms with Crippen molar-refractivity contribution in [3.63, 3.8) is 0 Å². The van der Waals surface area contributed by atoms with Crippen molar-refractivity contribution in [3.05, 3.63) is 87.8 Å². The fourth-order valence-electron chi connectivity index (χ4n) is 4.47. The van der Waals surface area contributed by atoms with E-state index in [4.69, 9.17) is 4.74 Å². The molecule has 10 nitrogen and oxygen atoms in total. The van der Waals surface area contributed by atoms with Crippen LogP contribution in [0.4, 0.5) is 23.1 Å². The van der Waals surface area contributed by atoms with Gasteiger partial charge in [-0.15, -0.1) is 0 Å². The zero-order chi connectivity index (χ0) is 28.3. The molecule has 1 aliphatic rings. The van der Waals surface area contributed by atoms with E-state index in [-0.39, 0.29) is 16.9 Å². The van der Waals surface area contributed by atoms with Gasteiger partial charge in [0.05, 0.1) is 18.9 Å². The number of benzene rings is 2. The van der Waals surface area contributed by atoms with Crippen molar-refractivity contribution >= 4 is 29.0 Å². The number of nitrogens with zero attached hydrogens (tertiary/aromatic N) is 4. The number of carbonyl (C=O) groups is 1. The fraction of sp³-hybridized carbons (Fsp3) is 0.300. The number of morpholine rings is 1. The molecule has 0 spiro atoms. The summed E-state index contributed by atoms with van der Waals surface area (Å²) in [7, 11) is 0. The fourth-order valence-corrected chi connectivity index (χ4v) is 4.47. The lowest BCUT2D eigenvalue weighted by Gasteiger charge is -2.26. The molecule has 10 heteroatoms. The Morgan fingerprint density at radius 3 is 2.50 bits per heavy atom. The number of nitrogens with one attached hydrogen (secondary N) is 3. The molecule has 0 atom stereocenters. The first kappa shape index (κ1) is 27.0. The Hall–Kier alpha value is -4.57. The summed E-state index contributed by atoms with van der Waals surface area (Å²) in [5.41, 5.74) is 4.48. The number of ether oxygens (including phenoxy) is 1. The zero-order valence-corrected chi connectivity index (χ0v) is 23.1. The maximum absolute atomic E-state index is 13.0. The molecule has 3 N–H and O–H groups in total. The van der Waals surface area contributed by atoms with E-state index in [1.165, 1.54) is 0 Å². The van der Waals surface area contributed by atoms with Crippen LogP contribution in [-0.4, -0.2) is 52.4 Å². The van der Waals surface area contributed by atoms with Gasteiger partial charge in [0.15, 0.2) is 0 Å². The van der Waals surface area contributed by atoms with E-state index in [9.17, 15) is 9.59 Å². The summed E-state index contributed by atoms with van der Waals surface area (Å²) < 4.78 is 5.41. The Balaban J connectivity index is 1.36. The topological polar surface area (TPSA) is 125 Å². The van der Waals surface area contributed by atoms with Crippen LogP contribution in [0.3, 0.4) is 0 Å². The number of aromatic nitrogens is 4. The first-order valence-corrected chi connectivity index (χ1v) is 13.2. The molecule has 206 valence electrons. The van der Waals surface area contributed by atoms with E-state index in [2.05, 4.69) is 51.6 Å². The van der Waals surface area contributed by atoms with Crippen LogP contribution < -0.4 is 21.1 Å². The van der Waals surface area contributed by atoms with Crippen LogP contribution >= 0.6 is 0 Å². The summed E-state index contributed by atoms with van der Waals surface area (Å²) in [6.45, 7) is 11.0. The molecule has 0 aliphatic carbocycles. The van der Waals surface area contributed by atoms with Gasteiger partial charge < -0.3 is 20.3 Å². The highest BCUT2D eigenvalue weighted by Crippen LogP contribution is 2.29. The quantitative estimate of drug-likeness (QED) is 0.323. The van der Waals surface area contributed by atoms with Crippen molar-refractivity contribution in [3.8, 4) is 11.3 Å². The number of carbonyl (C=O) groups excluding carboxylic acids is 1. The summed E-state index contributed by atoms with van der Waals surface area (Å²) in [4.78, 5) is 36.6. The molecule has 5 rings (SSSR count). The van der Waals surface area contributed by atoms with Crippen LogP contribution in [-0.2, 0) is 10.2 Å². The van der Waals surface area contributed by atoms with Crippen molar-refractivity contribution in [1.82, 2.24) is 20.2 Å². The van der Waals surface area contributed by atoms with Crippen molar-refractivity contribution in [2.75, 3.05) is 41.8 Å². The molecule has 1 amide bonds. The van der Waals surface area contributed by atoms with Gasteiger partial charge in [-0.05, 0) is 53.8 Å². The first-order chi connectivity index (χ1) is 19.2. The van der Waals surface area contributed by atoms with Gasteiger partial charge in [-0.25, -0.2) is 10.1 Å². The third-order valence-corrected chi connectivity index (χ3v) is 6.87. The monoisotopic (exact) mass is 539 g/mol. The molecule has 2 aromatic heterocycles. The average Bonchev–Trinajstić information content (AvgIpc) is 2.96. The Morgan fingerprint density at radius 2 is 1.77 bits per heavy atom. The number of rotatable bonds is 6. The van der Waals surface area contributed by atoms with E-state index >= 15 is 0 Å². The van der Waals surface area contributed by atoms with Crippen LogP contribution in [0, 0.1) is 6.92 Å². The molecule has 0 unspecified atom stereocenters. The predicted molar refractivity (Wildman–Crippen MR) is 156 cm³/mol. The van der Waals surface area contributed by atoms with Gasteiger partial charge in [-0.1, -0.05) is 45.0 Å². The van der Waals surface area contributed by atoms with Crippen molar-refractivity contribution in [2.24, 2.45) is 0 Å². The Morgan fingerprint density at radius 1 is 1.02 bits per heavy atom. The van der Waals surface area contributed by atoms with Gasteiger partial charge in [-0.2, -0.15) is 10.1 Å². The predicted octanol–water partition coefficient (Wildman–Crippen LogP) is 4.67. The average molecular weight is 540 g/mol. The lowest BCUT2D eigenvalue weighted by atomic mass is 9.86. The molecule has 4 aromatic rings. The third kappa shape index (κ3) is 6.02. The van der Waals surface area contributed by atoms with Crippen LogP contribution in [0.25, 0.3) is 11.3 Å². The molecule has 1 aliphatic heterocycles. The highest BCUT2D eigenvalue weighted by atomic mass is 16.5. The van der Waals surface area contributed by atoms with Crippen LogP contribution in [0.15, 0.2) is 65.6 Å². The second-order valence-corrected chi connectivity index (χ2v) is 10.7. The molecule has 1 saturated heterocycles. The largest absolute Gasteiger partial charge is 0.378 e. The van der Waals surface area contributed by atoms with E-state index < -0.39 is 0 Å². The number of anilines is 4. The second kappa shape index (κ2) is 11.3. The van der Waals surface area contributed by atoms with E-state index in [0.29, 0.717) is 60.7 Å². The molecule has 0 saturated carbocycles. The van der Waals surface area contributed by atoms with Gasteiger partial charge in [0.25, 0.3) is 11.5 Å². The summed E-state index contributed by atoms with van der Waals surface area (Å²) >= 11 is 0. The van der Waals surface area contributed by atoms with Gasteiger partial charge >= 0.3 is 0 Å². The van der Waals surface area contributed by atoms with E-state index in [1.54, 1.807) is 18.3 Å². The van der Waals surface area contributed by atoms with Gasteiger partial charge in [-0.3, -0.25) is 9.59 Å². The molecule has 0 radical (unpaired) electrons. The first-order valence-electron chi connectivity index (χ1n) is 13.2. The highest BCUT2D eigenvalue weighted by molar-refractivity contribution is 6.05. The summed E-state index contributed by atoms with van der Waals surface area (Å²) in [5.74, 6) is 0.873. The minimum atomic E-state index is -0.379. The van der Waals surface area contributed by atoms with Crippen LogP contribution in [0.1, 0.15) is 42.3 Å². The maximum atomic E-state index is 13.0. The molecule has 40 heavy (non-hydrogen) atoms. The van der Waals surface area contributed by atoms with Crippen molar-refractivity contribution < 1.29 is 9.53 Å². The van der Waals surface area contributed by atoms with Gasteiger partial charge in [0.2, 0.25) is 5.95 Å². The lowest BCUT2D eigenvalue weighted by molar-refractivity contribution is 0.102. The maximum Gasteiger partial charge on any atom is 0.287 e. The standard InChI is InChI=1S/C30H33N7O3/c1-19-22(6-5-7-23(19)33-27(38)20-8-10-21(11-9-20)30(2,3)4)24-18-25(28(39)36-35-24)32-26-12-13-31-29(34-26)37-14-16-40-17-15-37/h5-13,18H,14-17H2,1-4H3,(H,33,38)(H,36,39)(H,31,32,34,35). The SMILES string of the molecule is Cc1c(NC(=O)c2ccc(C(C)(C)C)cc2)cccc1-c1cc(Nc2ccnc(N3CCOCC3)n2)c(=O)[nH]n1. The minimum absolute atomic E-state index is 0.00971. The van der Waals surface area contributed by atoms with Crippen molar-refractivity contribution in [1.29, 1.82) is 0 Å². The summed E-state index contributed by atoms with van der Waals surface area (Å²) in [6.07, 6.45) is 1.66. The summed E-state index contributed by atoms with van der Waals surface area (Å²) in [5, 5.41) is 13.0. The Labute approximate surface area is 232 Å². The smallest absolute Gasteiger partial charge is 0.287 e. The number of hydrogen-bond acceptors (Lipinski definition) is 8. The molecule has 0 bridgehead atoms. The third-order valence-electron chi connectivity index (χ3n) is 6.87. The number of hydrogen-bond donors (Lipinski definition) is 3. The molecular weight excluding hydrogens is 506 g/mol. The van der Waals surface area contributed by atoms with Gasteiger partial charge in [0, 0.05) is 36.1 Å². The van der Waals surface area contributed by atoms with Crippen molar-refractivity contribution in [2.45, 2.75) is 33.1 Å². The normalized spacial score (nSPS) is 13.7. The highest BCUT2D eigenvalue weighted by Gasteiger charge is 2.17. The van der Waals surface area contributed by atoms with Crippen LogP contribution in [0.2, 0.25) is 0 Å². The van der Waals surface area contributed by atoms with E-state index in [1.807, 2.05) is 54.3 Å². The zero-order valence-electron chi connectivity index (χ0n) is 23.1. The minimum Gasteiger partial charge on any atom is -0.378 e. The van der Waals surface area contributed by atoms with Crippen LogP contribution in [0.5, 0.6) is 0 Å². The van der Waals surface area contributed by atoms with E-state index in [0.717, 1.165) is 16.7 Å². The number of aromatic amines is 1. The Kier molecular flexibility index (Phi) is 7.61. The molecule has 2 aromatic carbocycles. The second-order valence-electron chi connectivity index (χ2n) is 10.7.